The van der Waals surface area contributed by atoms with Crippen molar-refractivity contribution in [3.05, 3.63) is 70.9 Å². The van der Waals surface area contributed by atoms with Crippen molar-refractivity contribution in [2.24, 2.45) is 10.8 Å². The molecule has 20 heavy (non-hydrogen) atoms. The first kappa shape index (κ1) is 14.8. The highest BCUT2D eigenvalue weighted by atomic mass is 14.3. The summed E-state index contributed by atoms with van der Waals surface area (Å²) >= 11 is 0. The summed E-state index contributed by atoms with van der Waals surface area (Å²) in [6, 6.07) is 0. The maximum atomic E-state index is 2.27. The van der Waals surface area contributed by atoms with Gasteiger partial charge in [0.25, 0.3) is 0 Å². The Morgan fingerprint density at radius 1 is 0.650 bits per heavy atom. The molecule has 2 aliphatic carbocycles. The fourth-order valence-electron chi connectivity index (χ4n) is 2.70. The van der Waals surface area contributed by atoms with E-state index in [1.807, 2.05) is 0 Å². The smallest absolute Gasteiger partial charge is 0.0126 e. The lowest BCUT2D eigenvalue weighted by atomic mass is 9.82. The molecular formula is C20H26. The number of allylic oxidation sites excluding steroid dienone is 12. The molecule has 0 aliphatic heterocycles. The summed E-state index contributed by atoms with van der Waals surface area (Å²) in [5.74, 6) is 0. The number of hydrogen-bond acceptors (Lipinski definition) is 0. The molecule has 0 nitrogen and oxygen atoms in total. The fourth-order valence-corrected chi connectivity index (χ4v) is 2.70. The second kappa shape index (κ2) is 5.09. The summed E-state index contributed by atoms with van der Waals surface area (Å²) in [5.41, 5.74) is 5.89. The van der Waals surface area contributed by atoms with Gasteiger partial charge in [-0.15, -0.1) is 0 Å². The summed E-state index contributed by atoms with van der Waals surface area (Å²) in [4.78, 5) is 0. The second-order valence-corrected chi connectivity index (χ2v) is 7.62. The van der Waals surface area contributed by atoms with Crippen LogP contribution in [0.25, 0.3) is 0 Å². The Balaban J connectivity index is 2.28. The van der Waals surface area contributed by atoms with Crippen LogP contribution in [-0.2, 0) is 0 Å². The van der Waals surface area contributed by atoms with Crippen molar-refractivity contribution in [2.75, 3.05) is 0 Å². The molecule has 0 radical (unpaired) electrons. The fraction of sp³-hybridized carbons (Fsp3) is 0.400. The Labute approximate surface area is 124 Å². The average Bonchev–Trinajstić information content (AvgIpc) is 2.93. The minimum Gasteiger partial charge on any atom is -0.0613 e. The predicted octanol–water partition coefficient (Wildman–Crippen LogP) is 5.92. The van der Waals surface area contributed by atoms with E-state index in [0.717, 1.165) is 0 Å². The van der Waals surface area contributed by atoms with Crippen molar-refractivity contribution in [3.8, 4) is 0 Å². The van der Waals surface area contributed by atoms with E-state index in [9.17, 15) is 0 Å². The quantitative estimate of drug-likeness (QED) is 0.552. The van der Waals surface area contributed by atoms with Crippen LogP contribution in [0.2, 0.25) is 0 Å². The highest BCUT2D eigenvalue weighted by Crippen LogP contribution is 2.37. The summed E-state index contributed by atoms with van der Waals surface area (Å²) in [7, 11) is 0. The van der Waals surface area contributed by atoms with E-state index in [2.05, 4.69) is 90.2 Å². The number of rotatable bonds is 1. The van der Waals surface area contributed by atoms with Gasteiger partial charge in [-0.1, -0.05) is 90.2 Å². The molecule has 0 saturated carbocycles. The van der Waals surface area contributed by atoms with Gasteiger partial charge in [0, 0.05) is 0 Å². The molecule has 2 aliphatic rings. The SMILES string of the molecule is CC(C)(C)C1=CC=C/C1=C/C=C1\C=CC=C1C(C)(C)C. The van der Waals surface area contributed by atoms with E-state index in [1.54, 1.807) is 0 Å². The second-order valence-electron chi connectivity index (χ2n) is 7.62. The van der Waals surface area contributed by atoms with Crippen molar-refractivity contribution < 1.29 is 0 Å². The Bertz CT molecular complexity index is 517. The topological polar surface area (TPSA) is 0 Å². The molecule has 0 heteroatoms. The first-order valence-corrected chi connectivity index (χ1v) is 7.40. The molecule has 2 rings (SSSR count). The van der Waals surface area contributed by atoms with Gasteiger partial charge in [0.2, 0.25) is 0 Å². The monoisotopic (exact) mass is 266 g/mol. The molecule has 106 valence electrons. The van der Waals surface area contributed by atoms with Crippen LogP contribution in [0.15, 0.2) is 70.9 Å². The summed E-state index contributed by atoms with van der Waals surface area (Å²) in [6.45, 7) is 13.6. The van der Waals surface area contributed by atoms with Gasteiger partial charge in [-0.3, -0.25) is 0 Å². The zero-order valence-electron chi connectivity index (χ0n) is 13.6. The molecule has 0 bridgehead atoms. The number of hydrogen-bond donors (Lipinski definition) is 0. The van der Waals surface area contributed by atoms with E-state index >= 15 is 0 Å². The molecule has 0 amide bonds. The van der Waals surface area contributed by atoms with Crippen molar-refractivity contribution in [1.29, 1.82) is 0 Å². The van der Waals surface area contributed by atoms with Crippen LogP contribution in [0, 0.1) is 10.8 Å². The molecule has 0 aromatic rings. The average molecular weight is 266 g/mol. The van der Waals surface area contributed by atoms with Crippen LogP contribution in [0.5, 0.6) is 0 Å². The van der Waals surface area contributed by atoms with Gasteiger partial charge in [0.15, 0.2) is 0 Å². The zero-order chi connectivity index (χ0) is 15.0. The molecule has 0 unspecified atom stereocenters. The first-order chi connectivity index (χ1) is 9.19. The van der Waals surface area contributed by atoms with Crippen molar-refractivity contribution in [3.63, 3.8) is 0 Å². The third-order valence-electron chi connectivity index (χ3n) is 3.76. The van der Waals surface area contributed by atoms with Crippen LogP contribution >= 0.6 is 0 Å². The Morgan fingerprint density at radius 3 is 1.30 bits per heavy atom. The molecule has 0 fully saturated rings. The predicted molar refractivity (Wildman–Crippen MR) is 89.5 cm³/mol. The van der Waals surface area contributed by atoms with Gasteiger partial charge >= 0.3 is 0 Å². The Morgan fingerprint density at radius 2 is 1.00 bits per heavy atom. The van der Waals surface area contributed by atoms with Gasteiger partial charge in [-0.25, -0.2) is 0 Å². The third kappa shape index (κ3) is 3.12. The lowest BCUT2D eigenvalue weighted by Gasteiger charge is -2.23. The van der Waals surface area contributed by atoms with Crippen LogP contribution in [0.3, 0.4) is 0 Å². The molecule has 0 aromatic heterocycles. The van der Waals surface area contributed by atoms with E-state index in [0.29, 0.717) is 0 Å². The van der Waals surface area contributed by atoms with Crippen molar-refractivity contribution >= 4 is 0 Å². The molecule has 0 N–H and O–H groups in total. The minimum atomic E-state index is 0.196. The van der Waals surface area contributed by atoms with Gasteiger partial charge < -0.3 is 0 Å². The summed E-state index contributed by atoms with van der Waals surface area (Å²) in [5, 5.41) is 0. The lowest BCUT2D eigenvalue weighted by molar-refractivity contribution is 0.513. The van der Waals surface area contributed by atoms with E-state index in [4.69, 9.17) is 0 Å². The van der Waals surface area contributed by atoms with Crippen LogP contribution in [-0.4, -0.2) is 0 Å². The highest BCUT2D eigenvalue weighted by molar-refractivity contribution is 5.56. The first-order valence-electron chi connectivity index (χ1n) is 7.40. The van der Waals surface area contributed by atoms with Crippen LogP contribution < -0.4 is 0 Å². The van der Waals surface area contributed by atoms with E-state index < -0.39 is 0 Å². The molecule has 0 atom stereocenters. The molecule has 0 aromatic carbocycles. The zero-order valence-corrected chi connectivity index (χ0v) is 13.6. The van der Waals surface area contributed by atoms with Crippen LogP contribution in [0.4, 0.5) is 0 Å². The summed E-state index contributed by atoms with van der Waals surface area (Å²) in [6.07, 6.45) is 17.7. The molecular weight excluding hydrogens is 240 g/mol. The molecule has 0 saturated heterocycles. The minimum absolute atomic E-state index is 0.196. The Kier molecular flexibility index (Phi) is 3.77. The largest absolute Gasteiger partial charge is 0.0613 e. The van der Waals surface area contributed by atoms with Gasteiger partial charge in [-0.05, 0) is 33.1 Å². The molecule has 0 heterocycles. The third-order valence-corrected chi connectivity index (χ3v) is 3.76. The Hall–Kier alpha value is -1.56. The van der Waals surface area contributed by atoms with E-state index in [-0.39, 0.29) is 10.8 Å². The normalized spacial score (nSPS) is 22.9. The lowest BCUT2D eigenvalue weighted by Crippen LogP contribution is -2.10. The maximum absolute atomic E-state index is 2.27. The highest BCUT2D eigenvalue weighted by Gasteiger charge is 2.22. The van der Waals surface area contributed by atoms with Crippen molar-refractivity contribution in [2.45, 2.75) is 41.5 Å². The van der Waals surface area contributed by atoms with Gasteiger partial charge in [0.1, 0.15) is 0 Å². The van der Waals surface area contributed by atoms with Gasteiger partial charge in [0.05, 0.1) is 0 Å². The summed E-state index contributed by atoms with van der Waals surface area (Å²) < 4.78 is 0. The van der Waals surface area contributed by atoms with E-state index in [1.165, 1.54) is 22.3 Å². The van der Waals surface area contributed by atoms with Crippen LogP contribution in [0.1, 0.15) is 41.5 Å². The molecule has 0 spiro atoms. The van der Waals surface area contributed by atoms with Gasteiger partial charge in [-0.2, -0.15) is 0 Å². The van der Waals surface area contributed by atoms with Crippen molar-refractivity contribution in [1.82, 2.24) is 0 Å². The maximum Gasteiger partial charge on any atom is -0.0126 e. The standard InChI is InChI=1S/C20H26/c1-19(2,3)17-11-7-9-15(17)13-14-16-10-8-12-18(16)20(4,5)6/h7-14H,1-6H3/b15-13-,16-14+.